The number of rotatable bonds is 4. The van der Waals surface area contributed by atoms with Gasteiger partial charge < -0.3 is 14.4 Å². The summed E-state index contributed by atoms with van der Waals surface area (Å²) in [6, 6.07) is 10.1. The molecule has 0 aromatic heterocycles. The van der Waals surface area contributed by atoms with Crippen molar-refractivity contribution in [1.82, 2.24) is 4.90 Å². The van der Waals surface area contributed by atoms with Crippen LogP contribution in [-0.2, 0) is 20.9 Å². The molecule has 0 radical (unpaired) electrons. The second-order valence-corrected chi connectivity index (χ2v) is 7.79. The van der Waals surface area contributed by atoms with Crippen molar-refractivity contribution in [3.8, 4) is 0 Å². The predicted molar refractivity (Wildman–Crippen MR) is 96.6 cm³/mol. The van der Waals surface area contributed by atoms with E-state index in [4.69, 9.17) is 9.47 Å². The van der Waals surface area contributed by atoms with E-state index in [0.29, 0.717) is 25.6 Å². The Morgan fingerprint density at radius 2 is 1.62 bits per heavy atom. The first-order valence-electron chi connectivity index (χ1n) is 9.83. The summed E-state index contributed by atoms with van der Waals surface area (Å²) < 4.78 is 10.9. The minimum absolute atomic E-state index is 0.105. The summed E-state index contributed by atoms with van der Waals surface area (Å²) in [4.78, 5) is 27.4. The molecule has 2 bridgehead atoms. The lowest BCUT2D eigenvalue weighted by Gasteiger charge is -2.38. The normalized spacial score (nSPS) is 28.8. The topological polar surface area (TPSA) is 55.8 Å². The highest BCUT2D eigenvalue weighted by Gasteiger charge is 2.46. The average molecular weight is 357 g/mol. The van der Waals surface area contributed by atoms with E-state index in [9.17, 15) is 9.59 Å². The first-order valence-corrected chi connectivity index (χ1v) is 9.83. The third kappa shape index (κ3) is 3.63. The van der Waals surface area contributed by atoms with E-state index >= 15 is 0 Å². The summed E-state index contributed by atoms with van der Waals surface area (Å²) in [5.74, 6) is 0.668. The fourth-order valence-electron chi connectivity index (χ4n) is 4.82. The van der Waals surface area contributed by atoms with Gasteiger partial charge in [0.1, 0.15) is 12.4 Å². The molecule has 3 aliphatic heterocycles. The van der Waals surface area contributed by atoms with E-state index in [0.717, 1.165) is 44.1 Å². The second-order valence-electron chi connectivity index (χ2n) is 7.79. The van der Waals surface area contributed by atoms with Gasteiger partial charge in [-0.15, -0.1) is 0 Å². The molecule has 1 aromatic rings. The molecule has 0 N–H and O–H groups in total. The van der Waals surface area contributed by atoms with Gasteiger partial charge in [0.15, 0.2) is 0 Å². The van der Waals surface area contributed by atoms with E-state index < -0.39 is 0 Å². The maximum Gasteiger partial charge on any atom is 0.410 e. The predicted octanol–water partition coefficient (Wildman–Crippen LogP) is 3.56. The molecule has 3 fully saturated rings. The number of benzene rings is 1. The van der Waals surface area contributed by atoms with Gasteiger partial charge in [-0.3, -0.25) is 4.79 Å². The molecule has 2 unspecified atom stereocenters. The third-order valence-corrected chi connectivity index (χ3v) is 6.18. The van der Waals surface area contributed by atoms with E-state index in [1.165, 1.54) is 0 Å². The Hall–Kier alpha value is -1.88. The number of nitrogens with zero attached hydrogens (tertiary/aromatic N) is 1. The Kier molecular flexibility index (Phi) is 5.25. The number of amides is 1. The molecule has 1 amide bonds. The number of piperidine rings is 1. The first-order chi connectivity index (χ1) is 12.7. The van der Waals surface area contributed by atoms with Crippen LogP contribution in [0.25, 0.3) is 0 Å². The summed E-state index contributed by atoms with van der Waals surface area (Å²) in [5.41, 5.74) is 0.998. The van der Waals surface area contributed by atoms with E-state index in [1.807, 2.05) is 35.2 Å². The number of hydrogen-bond acceptors (Lipinski definition) is 4. The molecule has 3 saturated heterocycles. The Morgan fingerprint density at radius 1 is 0.962 bits per heavy atom. The zero-order valence-electron chi connectivity index (χ0n) is 15.1. The molecule has 4 rings (SSSR count). The van der Waals surface area contributed by atoms with Crippen LogP contribution in [0.15, 0.2) is 30.3 Å². The highest BCUT2D eigenvalue weighted by molar-refractivity contribution is 5.84. The zero-order chi connectivity index (χ0) is 17.9. The summed E-state index contributed by atoms with van der Waals surface area (Å²) in [6.07, 6.45) is 5.06. The molecule has 0 spiro atoms. The number of Topliss-reactive ketones (excluding diaryl/α,β-unsaturated/α-hetero) is 1. The van der Waals surface area contributed by atoms with Gasteiger partial charge in [0.05, 0.1) is 0 Å². The summed E-state index contributed by atoms with van der Waals surface area (Å²) in [7, 11) is 0. The lowest BCUT2D eigenvalue weighted by molar-refractivity contribution is -0.132. The summed E-state index contributed by atoms with van der Waals surface area (Å²) >= 11 is 0. The lowest BCUT2D eigenvalue weighted by Crippen LogP contribution is -2.49. The van der Waals surface area contributed by atoms with Crippen LogP contribution in [0.5, 0.6) is 0 Å². The van der Waals surface area contributed by atoms with Crippen LogP contribution in [0.2, 0.25) is 0 Å². The van der Waals surface area contributed by atoms with Crippen LogP contribution in [0.4, 0.5) is 4.79 Å². The molecule has 26 heavy (non-hydrogen) atoms. The van der Waals surface area contributed by atoms with Crippen molar-refractivity contribution >= 4 is 11.9 Å². The molecular formula is C21H27NO4. The molecule has 2 atom stereocenters. The Labute approximate surface area is 154 Å². The van der Waals surface area contributed by atoms with E-state index in [2.05, 4.69) is 0 Å². The molecule has 140 valence electrons. The van der Waals surface area contributed by atoms with Gasteiger partial charge in [-0.25, -0.2) is 4.79 Å². The highest BCUT2D eigenvalue weighted by Crippen LogP contribution is 2.41. The van der Waals surface area contributed by atoms with Crippen molar-refractivity contribution in [3.63, 3.8) is 0 Å². The minimum atomic E-state index is -0.224. The van der Waals surface area contributed by atoms with Gasteiger partial charge in [0.25, 0.3) is 0 Å². The smallest absolute Gasteiger partial charge is 0.410 e. The molecule has 1 aromatic carbocycles. The van der Waals surface area contributed by atoms with Gasteiger partial charge >= 0.3 is 6.09 Å². The van der Waals surface area contributed by atoms with Crippen molar-refractivity contribution in [3.05, 3.63) is 35.9 Å². The molecule has 0 aliphatic carbocycles. The van der Waals surface area contributed by atoms with Crippen molar-refractivity contribution in [2.24, 2.45) is 11.8 Å². The second kappa shape index (κ2) is 7.78. The molecule has 5 heteroatoms. The lowest BCUT2D eigenvalue weighted by atomic mass is 9.80. The number of carbonyl (C=O) groups is 2. The monoisotopic (exact) mass is 357 g/mol. The van der Waals surface area contributed by atoms with Crippen LogP contribution in [-0.4, -0.2) is 42.1 Å². The van der Waals surface area contributed by atoms with Gasteiger partial charge in [-0.05, 0) is 44.1 Å². The van der Waals surface area contributed by atoms with Crippen molar-refractivity contribution in [2.75, 3.05) is 13.2 Å². The fraction of sp³-hybridized carbons (Fsp3) is 0.619. The van der Waals surface area contributed by atoms with Gasteiger partial charge in [0, 0.05) is 37.1 Å². The maximum atomic E-state index is 12.9. The Balaban J connectivity index is 1.34. The fourth-order valence-corrected chi connectivity index (χ4v) is 4.82. The Morgan fingerprint density at radius 3 is 2.27 bits per heavy atom. The number of fused-ring (bicyclic) bond motifs is 2. The van der Waals surface area contributed by atoms with Crippen LogP contribution >= 0.6 is 0 Å². The standard InChI is InChI=1S/C21H27NO4/c23-20(16-8-10-25-11-9-16)17-12-18-6-7-19(13-17)22(18)21(24)26-14-15-4-2-1-3-5-15/h1-5,16-19H,6-14H2. The number of ketones is 1. The first kappa shape index (κ1) is 17.5. The SMILES string of the molecule is O=C(C1CCOCC1)C1CC2CCC(C1)N2C(=O)OCc1ccccc1. The number of hydrogen-bond donors (Lipinski definition) is 0. The number of carbonyl (C=O) groups excluding carboxylic acids is 2. The molecule has 3 heterocycles. The molecular weight excluding hydrogens is 330 g/mol. The third-order valence-electron chi connectivity index (χ3n) is 6.18. The van der Waals surface area contributed by atoms with Crippen molar-refractivity contribution < 1.29 is 19.1 Å². The zero-order valence-corrected chi connectivity index (χ0v) is 15.1. The van der Waals surface area contributed by atoms with Gasteiger partial charge in [-0.2, -0.15) is 0 Å². The summed E-state index contributed by atoms with van der Waals surface area (Å²) in [6.45, 7) is 1.71. The highest BCUT2D eigenvalue weighted by atomic mass is 16.6. The Bertz CT molecular complexity index is 627. The van der Waals surface area contributed by atoms with Crippen LogP contribution < -0.4 is 0 Å². The van der Waals surface area contributed by atoms with Crippen molar-refractivity contribution in [2.45, 2.75) is 57.2 Å². The molecule has 0 saturated carbocycles. The average Bonchev–Trinajstić information content (AvgIpc) is 2.96. The maximum absolute atomic E-state index is 12.9. The summed E-state index contributed by atoms with van der Waals surface area (Å²) in [5, 5.41) is 0. The number of ether oxygens (including phenoxy) is 2. The van der Waals surface area contributed by atoms with Crippen molar-refractivity contribution in [1.29, 1.82) is 0 Å². The quantitative estimate of drug-likeness (QED) is 0.827. The minimum Gasteiger partial charge on any atom is -0.445 e. The van der Waals surface area contributed by atoms with E-state index in [-0.39, 0.29) is 30.0 Å². The van der Waals surface area contributed by atoms with Crippen LogP contribution in [0.1, 0.15) is 44.1 Å². The van der Waals surface area contributed by atoms with Gasteiger partial charge in [0.2, 0.25) is 0 Å². The largest absolute Gasteiger partial charge is 0.445 e. The van der Waals surface area contributed by atoms with Crippen LogP contribution in [0.3, 0.4) is 0 Å². The van der Waals surface area contributed by atoms with Gasteiger partial charge in [-0.1, -0.05) is 30.3 Å². The molecule has 3 aliphatic rings. The molecule has 5 nitrogen and oxygen atoms in total. The van der Waals surface area contributed by atoms with E-state index in [1.54, 1.807) is 0 Å². The van der Waals surface area contributed by atoms with Crippen LogP contribution in [0, 0.1) is 11.8 Å².